The second-order valence-electron chi connectivity index (χ2n) is 7.65. The molecule has 0 saturated carbocycles. The van der Waals surface area contributed by atoms with Crippen LogP contribution in [0, 0.1) is 12.7 Å². The molecule has 0 amide bonds. The lowest BCUT2D eigenvalue weighted by Crippen LogP contribution is -2.49. The van der Waals surface area contributed by atoms with E-state index in [-0.39, 0.29) is 19.0 Å². The number of aliphatic carboxylic acids is 1. The summed E-state index contributed by atoms with van der Waals surface area (Å²) in [5.74, 6) is -0.713. The van der Waals surface area contributed by atoms with E-state index in [1.165, 1.54) is 12.1 Å². The van der Waals surface area contributed by atoms with Gasteiger partial charge in [-0.25, -0.2) is 9.18 Å². The zero-order valence-corrected chi connectivity index (χ0v) is 17.1. The lowest BCUT2D eigenvalue weighted by atomic mass is 9.91. The number of aryl methyl sites for hydroxylation is 1. The van der Waals surface area contributed by atoms with Crippen LogP contribution >= 0.6 is 0 Å². The van der Waals surface area contributed by atoms with Crippen molar-refractivity contribution in [3.8, 4) is 16.9 Å². The number of hydrogen-bond donors (Lipinski definition) is 1. The number of carboxylic acids is 1. The summed E-state index contributed by atoms with van der Waals surface area (Å²) < 4.78 is 30.6. The molecule has 3 aromatic carbocycles. The fraction of sp³-hybridized carbons (Fsp3) is 0.240. The van der Waals surface area contributed by atoms with Crippen LogP contribution in [0.1, 0.15) is 16.7 Å². The van der Waals surface area contributed by atoms with E-state index < -0.39 is 11.6 Å². The molecule has 3 aromatic rings. The van der Waals surface area contributed by atoms with E-state index >= 15 is 0 Å². The average Bonchev–Trinajstić information content (AvgIpc) is 2.73. The van der Waals surface area contributed by atoms with E-state index in [9.17, 15) is 9.18 Å². The smallest absolute Gasteiger partial charge is 0.329 e. The quantitative estimate of drug-likeness (QED) is 0.570. The maximum atomic E-state index is 13.9. The molecule has 1 heterocycles. The first-order valence-electron chi connectivity index (χ1n) is 9.97. The summed E-state index contributed by atoms with van der Waals surface area (Å²) in [6.07, 6.45) is 0. The Kier molecular flexibility index (Phi) is 6.02. The lowest BCUT2D eigenvalue weighted by Gasteiger charge is -2.41. The van der Waals surface area contributed by atoms with Crippen LogP contribution in [0.2, 0.25) is 0 Å². The number of benzene rings is 3. The molecular formula is C25H23FO5. The molecule has 160 valence electrons. The fourth-order valence-electron chi connectivity index (χ4n) is 3.53. The van der Waals surface area contributed by atoms with Crippen LogP contribution in [0.5, 0.6) is 5.75 Å². The molecule has 1 aliphatic rings. The fourth-order valence-corrected chi connectivity index (χ4v) is 3.53. The van der Waals surface area contributed by atoms with Gasteiger partial charge in [0.1, 0.15) is 30.4 Å². The minimum atomic E-state index is -1.02. The number of ether oxygens (including phenoxy) is 3. The van der Waals surface area contributed by atoms with Gasteiger partial charge in [0, 0.05) is 0 Å². The van der Waals surface area contributed by atoms with Gasteiger partial charge in [-0.05, 0) is 53.4 Å². The molecular weight excluding hydrogens is 399 g/mol. The molecule has 0 bridgehead atoms. The van der Waals surface area contributed by atoms with E-state index in [0.29, 0.717) is 19.0 Å². The second kappa shape index (κ2) is 8.88. The summed E-state index contributed by atoms with van der Waals surface area (Å²) in [6, 6.07) is 20.0. The van der Waals surface area contributed by atoms with E-state index in [0.717, 1.165) is 27.8 Å². The largest absolute Gasteiger partial charge is 0.489 e. The van der Waals surface area contributed by atoms with Crippen LogP contribution in [0.3, 0.4) is 0 Å². The van der Waals surface area contributed by atoms with Crippen LogP contribution in [0.15, 0.2) is 66.7 Å². The van der Waals surface area contributed by atoms with Crippen LogP contribution in [-0.2, 0) is 26.5 Å². The minimum Gasteiger partial charge on any atom is -0.489 e. The normalized spacial score (nSPS) is 14.6. The number of rotatable bonds is 8. The van der Waals surface area contributed by atoms with Gasteiger partial charge in [0.05, 0.1) is 13.2 Å². The van der Waals surface area contributed by atoms with Crippen molar-refractivity contribution in [3.05, 3.63) is 89.2 Å². The highest BCUT2D eigenvalue weighted by atomic mass is 19.1. The Labute approximate surface area is 180 Å². The molecule has 5 nitrogen and oxygen atoms in total. The van der Waals surface area contributed by atoms with Gasteiger partial charge in [-0.2, -0.15) is 0 Å². The maximum Gasteiger partial charge on any atom is 0.329 e. The summed E-state index contributed by atoms with van der Waals surface area (Å²) in [5.41, 5.74) is 3.93. The number of halogens is 1. The molecule has 31 heavy (non-hydrogen) atoms. The highest BCUT2D eigenvalue weighted by Gasteiger charge is 2.42. The van der Waals surface area contributed by atoms with Crippen molar-refractivity contribution < 1.29 is 28.5 Å². The topological polar surface area (TPSA) is 65.0 Å². The van der Waals surface area contributed by atoms with Gasteiger partial charge in [-0.15, -0.1) is 0 Å². The van der Waals surface area contributed by atoms with Gasteiger partial charge in [0.25, 0.3) is 0 Å². The van der Waals surface area contributed by atoms with E-state index in [1.54, 1.807) is 18.2 Å². The first-order chi connectivity index (χ1) is 14.9. The predicted octanol–water partition coefficient (Wildman–Crippen LogP) is 4.71. The van der Waals surface area contributed by atoms with Gasteiger partial charge < -0.3 is 19.3 Å². The molecule has 1 saturated heterocycles. The number of carboxylic acid groups (broad SMARTS) is 1. The van der Waals surface area contributed by atoms with Crippen LogP contribution < -0.4 is 4.74 Å². The third-order valence-corrected chi connectivity index (χ3v) is 5.35. The van der Waals surface area contributed by atoms with Crippen molar-refractivity contribution in [2.24, 2.45) is 0 Å². The Bertz CT molecular complexity index is 1060. The SMILES string of the molecule is Cc1ccc(-c2ccc(F)cc2COc2ccc(C3(OCC(=O)O)COC3)cc2)cc1. The first-order valence-corrected chi connectivity index (χ1v) is 9.97. The van der Waals surface area contributed by atoms with Gasteiger partial charge >= 0.3 is 5.97 Å². The summed E-state index contributed by atoms with van der Waals surface area (Å²) in [4.78, 5) is 10.8. The van der Waals surface area contributed by atoms with Crippen LogP contribution in [0.25, 0.3) is 11.1 Å². The predicted molar refractivity (Wildman–Crippen MR) is 113 cm³/mol. The van der Waals surface area contributed by atoms with Crippen molar-refractivity contribution in [1.29, 1.82) is 0 Å². The van der Waals surface area contributed by atoms with Crippen LogP contribution in [-0.4, -0.2) is 30.9 Å². The zero-order valence-electron chi connectivity index (χ0n) is 17.1. The van der Waals surface area contributed by atoms with Crippen molar-refractivity contribution in [2.75, 3.05) is 19.8 Å². The molecule has 0 aliphatic carbocycles. The van der Waals surface area contributed by atoms with E-state index in [2.05, 4.69) is 0 Å². The summed E-state index contributed by atoms with van der Waals surface area (Å²) in [6.45, 7) is 2.47. The number of hydrogen-bond acceptors (Lipinski definition) is 4. The molecule has 0 spiro atoms. The molecule has 1 N–H and O–H groups in total. The summed E-state index contributed by atoms with van der Waals surface area (Å²) >= 11 is 0. The molecule has 1 aliphatic heterocycles. The van der Waals surface area contributed by atoms with Gasteiger partial charge in [0.15, 0.2) is 0 Å². The average molecular weight is 422 g/mol. The standard InChI is InChI=1S/C25H23FO5/c1-17-2-4-18(5-3-17)23-11-8-21(26)12-19(23)13-30-22-9-6-20(7-10-22)25(15-29-16-25)31-14-24(27)28/h2-12H,13-16H2,1H3,(H,27,28). The van der Waals surface area contributed by atoms with Crippen molar-refractivity contribution in [1.82, 2.24) is 0 Å². The Morgan fingerprint density at radius 3 is 2.39 bits per heavy atom. The van der Waals surface area contributed by atoms with Crippen molar-refractivity contribution >= 4 is 5.97 Å². The third kappa shape index (κ3) is 4.76. The minimum absolute atomic E-state index is 0.212. The Morgan fingerprint density at radius 1 is 1.06 bits per heavy atom. The molecule has 0 aromatic heterocycles. The van der Waals surface area contributed by atoms with E-state index in [1.807, 2.05) is 43.3 Å². The summed E-state index contributed by atoms with van der Waals surface area (Å²) in [5, 5.41) is 8.89. The highest BCUT2D eigenvalue weighted by molar-refractivity contribution is 5.68. The Hall–Kier alpha value is -3.22. The zero-order chi connectivity index (χ0) is 21.8. The second-order valence-corrected chi connectivity index (χ2v) is 7.65. The maximum absolute atomic E-state index is 13.9. The summed E-state index contributed by atoms with van der Waals surface area (Å²) in [7, 11) is 0. The van der Waals surface area contributed by atoms with Crippen molar-refractivity contribution in [3.63, 3.8) is 0 Å². The molecule has 0 unspecified atom stereocenters. The monoisotopic (exact) mass is 422 g/mol. The highest BCUT2D eigenvalue weighted by Crippen LogP contribution is 2.35. The lowest BCUT2D eigenvalue weighted by molar-refractivity contribution is -0.220. The Morgan fingerprint density at radius 2 is 1.77 bits per heavy atom. The van der Waals surface area contributed by atoms with Gasteiger partial charge in [-0.1, -0.05) is 48.0 Å². The molecule has 4 rings (SSSR count). The Balaban J connectivity index is 1.48. The van der Waals surface area contributed by atoms with Crippen LogP contribution in [0.4, 0.5) is 4.39 Å². The van der Waals surface area contributed by atoms with Gasteiger partial charge in [0.2, 0.25) is 0 Å². The van der Waals surface area contributed by atoms with E-state index in [4.69, 9.17) is 19.3 Å². The van der Waals surface area contributed by atoms with Crippen molar-refractivity contribution in [2.45, 2.75) is 19.1 Å². The first kappa shape index (κ1) is 21.0. The molecule has 0 atom stereocenters. The molecule has 1 fully saturated rings. The molecule has 0 radical (unpaired) electrons. The third-order valence-electron chi connectivity index (χ3n) is 5.35. The molecule has 6 heteroatoms. The van der Waals surface area contributed by atoms with Gasteiger partial charge in [-0.3, -0.25) is 0 Å². The number of carbonyl (C=O) groups is 1.